The Morgan fingerprint density at radius 2 is 1.61 bits per heavy atom. The molecule has 0 saturated carbocycles. The fourth-order valence-corrected chi connectivity index (χ4v) is 12.3. The number of ether oxygens (including phenoxy) is 2. The minimum absolute atomic E-state index is 0.0374. The Labute approximate surface area is 413 Å². The van der Waals surface area contributed by atoms with E-state index in [0.717, 1.165) is 35.4 Å². The van der Waals surface area contributed by atoms with Crippen LogP contribution in [-0.4, -0.2) is 112 Å². The molecule has 3 aliphatic heterocycles. The van der Waals surface area contributed by atoms with Crippen molar-refractivity contribution in [2.75, 3.05) is 50.0 Å². The summed E-state index contributed by atoms with van der Waals surface area (Å²) in [6.07, 6.45) is 3.13. The minimum atomic E-state index is -3.69. The van der Waals surface area contributed by atoms with Gasteiger partial charge in [-0.25, -0.2) is 27.1 Å². The smallest absolute Gasteiger partial charge is 0.352 e. The Kier molecular flexibility index (Phi) is 14.9. The number of carbonyl (C=O) groups is 5. The fraction of sp³-hybridized carbons (Fsp3) is 0.429. The highest BCUT2D eigenvalue weighted by molar-refractivity contribution is 7.88. The lowest BCUT2D eigenvalue weighted by atomic mass is 9.89. The van der Waals surface area contributed by atoms with Crippen molar-refractivity contribution in [3.8, 4) is 16.2 Å². The average molecular weight is 1020 g/mol. The molecule has 372 valence electrons. The maximum Gasteiger partial charge on any atom is 0.352 e. The Morgan fingerprint density at radius 1 is 0.900 bits per heavy atom. The zero-order valence-electron chi connectivity index (χ0n) is 39.3. The molecule has 21 heteroatoms. The number of likely N-dealkylation sites (tertiary alicyclic amines) is 1. The van der Waals surface area contributed by atoms with Crippen LogP contribution in [0.25, 0.3) is 21.5 Å². The Morgan fingerprint density at radius 3 is 2.31 bits per heavy atom. The molecule has 1 atom stereocenters. The number of aliphatic carboxylic acids is 1. The van der Waals surface area contributed by atoms with Crippen molar-refractivity contribution in [3.05, 3.63) is 98.2 Å². The number of thiophene rings is 1. The number of aryl methyl sites for hydroxylation is 1. The first-order chi connectivity index (χ1) is 33.2. The second-order valence-corrected chi connectivity index (χ2v) is 22.3. The summed E-state index contributed by atoms with van der Waals surface area (Å²) in [5.41, 5.74) is 3.79. The van der Waals surface area contributed by atoms with Crippen molar-refractivity contribution < 1.29 is 47.0 Å². The number of imide groups is 1. The second kappa shape index (κ2) is 20.7. The van der Waals surface area contributed by atoms with E-state index in [9.17, 15) is 42.3 Å². The molecule has 0 bridgehead atoms. The Bertz CT molecular complexity index is 3020. The van der Waals surface area contributed by atoms with Gasteiger partial charge in [0.25, 0.3) is 0 Å². The zero-order valence-corrected chi connectivity index (χ0v) is 41.7. The summed E-state index contributed by atoms with van der Waals surface area (Å²) in [5.74, 6) is -3.00. The molecule has 3 amide bonds. The van der Waals surface area contributed by atoms with Crippen LogP contribution >= 0.6 is 22.9 Å². The summed E-state index contributed by atoms with van der Waals surface area (Å²) in [7, 11) is -2.01. The van der Waals surface area contributed by atoms with E-state index in [1.807, 2.05) is 42.5 Å². The maximum absolute atomic E-state index is 13.7. The van der Waals surface area contributed by atoms with Crippen molar-refractivity contribution in [1.29, 1.82) is 0 Å². The van der Waals surface area contributed by atoms with Gasteiger partial charge in [0.15, 0.2) is 17.2 Å². The zero-order chi connectivity index (χ0) is 50.1. The van der Waals surface area contributed by atoms with Gasteiger partial charge in [-0.05, 0) is 125 Å². The molecule has 18 nitrogen and oxygen atoms in total. The molecule has 5 aromatic rings. The summed E-state index contributed by atoms with van der Waals surface area (Å²) < 4.78 is 42.9. The highest BCUT2D eigenvalue weighted by Crippen LogP contribution is 2.46. The number of carboxylic acids is 1. The van der Waals surface area contributed by atoms with Gasteiger partial charge in [0.1, 0.15) is 16.7 Å². The number of hydrogen-bond acceptors (Lipinski definition) is 13. The molecule has 3 fully saturated rings. The maximum atomic E-state index is 13.7. The van der Waals surface area contributed by atoms with Gasteiger partial charge in [0.05, 0.1) is 28.2 Å². The van der Waals surface area contributed by atoms with Crippen LogP contribution in [0.5, 0.6) is 5.75 Å². The number of imidazole rings is 1. The Balaban J connectivity index is 0.816. The number of amides is 3. The molecule has 8 rings (SSSR count). The number of aromatic nitrogens is 2. The van der Waals surface area contributed by atoms with E-state index in [0.29, 0.717) is 71.7 Å². The number of fused-ring (bicyclic) bond motifs is 1. The van der Waals surface area contributed by atoms with Crippen LogP contribution in [0.4, 0.5) is 11.4 Å². The van der Waals surface area contributed by atoms with E-state index in [-0.39, 0.29) is 70.3 Å². The number of carboxylic acid groups (broad SMARTS) is 1. The van der Waals surface area contributed by atoms with Gasteiger partial charge in [0, 0.05) is 44.0 Å². The van der Waals surface area contributed by atoms with Gasteiger partial charge in [-0.3, -0.25) is 33.7 Å². The molecule has 4 N–H and O–H groups in total. The van der Waals surface area contributed by atoms with Crippen LogP contribution in [0.3, 0.4) is 0 Å². The lowest BCUT2D eigenvalue weighted by Gasteiger charge is -2.32. The first-order valence-corrected chi connectivity index (χ1v) is 25.9. The first kappa shape index (κ1) is 50.3. The third kappa shape index (κ3) is 11.6. The fourth-order valence-electron chi connectivity index (χ4n) is 9.30. The molecule has 0 aliphatic carbocycles. The predicted octanol–water partition coefficient (Wildman–Crippen LogP) is 6.34. The molecular weight excluding hydrogens is 962 g/mol. The van der Waals surface area contributed by atoms with Gasteiger partial charge in [-0.1, -0.05) is 41.9 Å². The Hall–Kier alpha value is -6.06. The lowest BCUT2D eigenvalue weighted by molar-refractivity contribution is -0.139. The van der Waals surface area contributed by atoms with Gasteiger partial charge in [0.2, 0.25) is 27.7 Å². The number of hydrogen-bond donors (Lipinski definition) is 4. The number of anilines is 2. The topological polar surface area (TPSA) is 228 Å². The number of benzene rings is 3. The van der Waals surface area contributed by atoms with Gasteiger partial charge in [-0.2, -0.15) is 0 Å². The summed E-state index contributed by atoms with van der Waals surface area (Å²) in [4.78, 5) is 77.9. The molecule has 3 aliphatic rings. The van der Waals surface area contributed by atoms with Crippen molar-refractivity contribution in [3.63, 3.8) is 0 Å². The van der Waals surface area contributed by atoms with Gasteiger partial charge in [-0.15, -0.1) is 11.3 Å². The van der Waals surface area contributed by atoms with Crippen molar-refractivity contribution in [2.45, 2.75) is 88.7 Å². The second-order valence-electron chi connectivity index (χ2n) is 19.0. The van der Waals surface area contributed by atoms with Crippen molar-refractivity contribution in [2.24, 2.45) is 7.05 Å². The highest BCUT2D eigenvalue weighted by atomic mass is 35.5. The molecule has 0 radical (unpaired) electrons. The molecule has 1 unspecified atom stereocenters. The summed E-state index contributed by atoms with van der Waals surface area (Å²) in [6, 6.07) is 19.3. The number of sulfonamides is 1. The average Bonchev–Trinajstić information content (AvgIpc) is 3.76. The number of piperidine rings is 3. The third-order valence-electron chi connectivity index (χ3n) is 12.7. The lowest BCUT2D eigenvalue weighted by Crippen LogP contribution is -2.44. The van der Waals surface area contributed by atoms with Gasteiger partial charge < -0.3 is 25.2 Å². The van der Waals surface area contributed by atoms with E-state index in [4.69, 9.17) is 21.1 Å². The number of nitrogens with zero attached hydrogens (tertiary/aromatic N) is 4. The summed E-state index contributed by atoms with van der Waals surface area (Å²) >= 11 is 7.76. The van der Waals surface area contributed by atoms with Crippen LogP contribution < -0.4 is 26.4 Å². The number of esters is 1. The standard InChI is InChI=1S/C49H56ClN7O11S2/c1-49(2,3)68-47(63)45-43(67-27-41(60)61)42(50)44(69-45)32-8-6-10-35(24-32)51-33-17-21-56(22-18-33)70(65,66)28-29-7-5-9-34(23-29)52-40(59)26-55-19-15-30(16-20-55)31-11-12-36-38(25-31)54(4)48(64)57(36)37-13-14-39(58)53-46(37)62/h5-12,23-25,30,33,37,51H,13-22,26-28H2,1-4H3,(H,52,59)(H,60,61)(H,53,58,62). The molecule has 70 heavy (non-hydrogen) atoms. The van der Waals surface area contributed by atoms with E-state index < -0.39 is 46.1 Å². The first-order valence-electron chi connectivity index (χ1n) is 23.1. The van der Waals surface area contributed by atoms with E-state index >= 15 is 0 Å². The molecule has 5 heterocycles. The molecule has 0 spiro atoms. The predicted molar refractivity (Wildman–Crippen MR) is 266 cm³/mol. The summed E-state index contributed by atoms with van der Waals surface area (Å²) in [6.45, 7) is 6.61. The van der Waals surface area contributed by atoms with Crippen LogP contribution in [0.2, 0.25) is 5.02 Å². The largest absolute Gasteiger partial charge is 0.479 e. The van der Waals surface area contributed by atoms with E-state index in [1.54, 1.807) is 52.1 Å². The van der Waals surface area contributed by atoms with Crippen LogP contribution in [-0.2, 0) is 46.7 Å². The molecule has 3 aromatic carbocycles. The highest BCUT2D eigenvalue weighted by Gasteiger charge is 2.33. The van der Waals surface area contributed by atoms with Crippen molar-refractivity contribution in [1.82, 2.24) is 23.7 Å². The normalized spacial score (nSPS) is 17.9. The van der Waals surface area contributed by atoms with Crippen LogP contribution in [0.1, 0.15) is 92.1 Å². The quantitative estimate of drug-likeness (QED) is 0.0664. The number of carbonyl (C=O) groups excluding carboxylic acids is 4. The third-order valence-corrected chi connectivity index (χ3v) is 16.2. The molecule has 3 saturated heterocycles. The SMILES string of the molecule is Cn1c(=O)n(C2CCC(=O)NC2=O)c2ccc(C3CCN(CC(=O)Nc4cccc(CS(=O)(=O)N5CCC(Nc6cccc(-c7sc(C(=O)OC(C)(C)C)c(OCC(=O)O)c7Cl)c6)CC5)c4)CC3)cc21. The van der Waals surface area contributed by atoms with Gasteiger partial charge >= 0.3 is 17.6 Å². The monoisotopic (exact) mass is 1020 g/mol. The minimum Gasteiger partial charge on any atom is -0.479 e. The van der Waals surface area contributed by atoms with E-state index in [1.165, 1.54) is 13.4 Å². The molecular formula is C49H56ClN7O11S2. The number of halogens is 1. The van der Waals surface area contributed by atoms with E-state index in [2.05, 4.69) is 20.9 Å². The molecule has 2 aromatic heterocycles. The van der Waals surface area contributed by atoms with Crippen LogP contribution in [0, 0.1) is 0 Å². The van der Waals surface area contributed by atoms with Crippen molar-refractivity contribution >= 4 is 85.0 Å². The van der Waals surface area contributed by atoms with Crippen LogP contribution in [0.15, 0.2) is 71.5 Å². The number of rotatable bonds is 15. The number of nitrogens with one attached hydrogen (secondary N) is 3. The summed E-state index contributed by atoms with van der Waals surface area (Å²) in [5, 5.41) is 18.1.